The van der Waals surface area contributed by atoms with Gasteiger partial charge in [-0.2, -0.15) is 0 Å². The molecule has 0 fully saturated rings. The lowest BCUT2D eigenvalue weighted by Gasteiger charge is -2.16. The largest absolute Gasteiger partial charge is 0.319 e. The summed E-state index contributed by atoms with van der Waals surface area (Å²) in [5.41, 5.74) is 1.09. The van der Waals surface area contributed by atoms with Crippen LogP contribution in [-0.2, 0) is 12.8 Å². The fourth-order valence-electron chi connectivity index (χ4n) is 2.36. The molecule has 0 radical (unpaired) electrons. The second-order valence-electron chi connectivity index (χ2n) is 4.88. The molecule has 0 saturated heterocycles. The number of aryl methyl sites for hydroxylation is 1. The Labute approximate surface area is 118 Å². The van der Waals surface area contributed by atoms with Gasteiger partial charge in [0.05, 0.1) is 0 Å². The van der Waals surface area contributed by atoms with E-state index in [4.69, 9.17) is 0 Å². The van der Waals surface area contributed by atoms with E-state index in [-0.39, 0.29) is 5.82 Å². The van der Waals surface area contributed by atoms with E-state index in [1.54, 1.807) is 12.1 Å². The summed E-state index contributed by atoms with van der Waals surface area (Å²) in [6.45, 7) is 0.974. The fraction of sp³-hybridized carbons (Fsp3) is 0.375. The molecule has 2 aromatic rings. The standard InChI is InChI=1S/C16H20FNS/c1-18-12-14(7-8-16-6-3-9-19-16)10-13-4-2-5-15(17)11-13/h2-6,9,11,14,18H,7-8,10,12H2,1H3. The van der Waals surface area contributed by atoms with Gasteiger partial charge in [0.2, 0.25) is 0 Å². The summed E-state index contributed by atoms with van der Waals surface area (Å²) in [6.07, 6.45) is 3.18. The van der Waals surface area contributed by atoms with Crippen LogP contribution in [-0.4, -0.2) is 13.6 Å². The monoisotopic (exact) mass is 277 g/mol. The van der Waals surface area contributed by atoms with Crippen molar-refractivity contribution in [2.24, 2.45) is 5.92 Å². The second-order valence-corrected chi connectivity index (χ2v) is 5.91. The van der Waals surface area contributed by atoms with Crippen LogP contribution in [0.5, 0.6) is 0 Å². The molecular weight excluding hydrogens is 257 g/mol. The molecule has 1 atom stereocenters. The van der Waals surface area contributed by atoms with E-state index in [1.807, 2.05) is 24.5 Å². The Hall–Kier alpha value is -1.19. The minimum atomic E-state index is -0.140. The van der Waals surface area contributed by atoms with Crippen molar-refractivity contribution < 1.29 is 4.39 Å². The normalized spacial score (nSPS) is 12.5. The molecule has 0 saturated carbocycles. The zero-order valence-electron chi connectivity index (χ0n) is 11.2. The molecule has 1 unspecified atom stereocenters. The molecule has 0 spiro atoms. The van der Waals surface area contributed by atoms with Crippen LogP contribution in [0, 0.1) is 11.7 Å². The Morgan fingerprint density at radius 3 is 2.84 bits per heavy atom. The second kappa shape index (κ2) is 7.41. The van der Waals surface area contributed by atoms with Gasteiger partial charge in [-0.05, 0) is 67.9 Å². The lowest BCUT2D eigenvalue weighted by Crippen LogP contribution is -2.21. The molecule has 0 bridgehead atoms. The zero-order chi connectivity index (χ0) is 13.5. The first-order valence-corrected chi connectivity index (χ1v) is 7.57. The van der Waals surface area contributed by atoms with Gasteiger partial charge in [0.25, 0.3) is 0 Å². The fourth-order valence-corrected chi connectivity index (χ4v) is 3.09. The Balaban J connectivity index is 1.91. The summed E-state index contributed by atoms with van der Waals surface area (Å²) in [5, 5.41) is 5.36. The molecular formula is C16H20FNS. The van der Waals surface area contributed by atoms with Gasteiger partial charge < -0.3 is 5.32 Å². The summed E-state index contributed by atoms with van der Waals surface area (Å²) in [5.74, 6) is 0.410. The number of hydrogen-bond donors (Lipinski definition) is 1. The first kappa shape index (κ1) is 14.2. The van der Waals surface area contributed by atoms with Crippen molar-refractivity contribution in [2.75, 3.05) is 13.6 Å². The average molecular weight is 277 g/mol. The van der Waals surface area contributed by atoms with Crippen molar-refractivity contribution in [3.63, 3.8) is 0 Å². The summed E-state index contributed by atoms with van der Waals surface area (Å²) in [6, 6.07) is 11.2. The quantitative estimate of drug-likeness (QED) is 0.809. The molecule has 0 aliphatic carbocycles. The molecule has 0 aliphatic heterocycles. The molecule has 3 heteroatoms. The van der Waals surface area contributed by atoms with Crippen LogP contribution in [0.3, 0.4) is 0 Å². The van der Waals surface area contributed by atoms with Gasteiger partial charge in [0, 0.05) is 4.88 Å². The Bertz CT molecular complexity index is 481. The highest BCUT2D eigenvalue weighted by Gasteiger charge is 2.10. The maximum Gasteiger partial charge on any atom is 0.123 e. The van der Waals surface area contributed by atoms with E-state index >= 15 is 0 Å². The molecule has 0 amide bonds. The zero-order valence-corrected chi connectivity index (χ0v) is 12.0. The maximum atomic E-state index is 13.2. The Morgan fingerprint density at radius 1 is 1.26 bits per heavy atom. The average Bonchev–Trinajstić information content (AvgIpc) is 2.89. The van der Waals surface area contributed by atoms with E-state index in [1.165, 1.54) is 10.9 Å². The van der Waals surface area contributed by atoms with Crippen LogP contribution in [0.1, 0.15) is 16.9 Å². The van der Waals surface area contributed by atoms with Crippen LogP contribution < -0.4 is 5.32 Å². The van der Waals surface area contributed by atoms with Gasteiger partial charge in [-0.25, -0.2) is 4.39 Å². The van der Waals surface area contributed by atoms with Crippen LogP contribution in [0.2, 0.25) is 0 Å². The number of thiophene rings is 1. The van der Waals surface area contributed by atoms with E-state index in [0.717, 1.165) is 31.4 Å². The van der Waals surface area contributed by atoms with Crippen molar-refractivity contribution in [1.82, 2.24) is 5.32 Å². The predicted octanol–water partition coefficient (Wildman–Crippen LogP) is 3.90. The summed E-state index contributed by atoms with van der Waals surface area (Å²) >= 11 is 1.81. The third-order valence-corrected chi connectivity index (χ3v) is 4.22. The van der Waals surface area contributed by atoms with Crippen molar-refractivity contribution in [3.05, 3.63) is 58.0 Å². The van der Waals surface area contributed by atoms with Crippen LogP contribution in [0.25, 0.3) is 0 Å². The van der Waals surface area contributed by atoms with Gasteiger partial charge >= 0.3 is 0 Å². The van der Waals surface area contributed by atoms with Gasteiger partial charge in [0.1, 0.15) is 5.82 Å². The summed E-state index contributed by atoms with van der Waals surface area (Å²) in [4.78, 5) is 1.43. The molecule has 1 heterocycles. The topological polar surface area (TPSA) is 12.0 Å². The third kappa shape index (κ3) is 4.77. The van der Waals surface area contributed by atoms with E-state index in [2.05, 4.69) is 22.8 Å². The molecule has 1 N–H and O–H groups in total. The SMILES string of the molecule is CNCC(CCc1cccs1)Cc1cccc(F)c1. The highest BCUT2D eigenvalue weighted by atomic mass is 32.1. The highest BCUT2D eigenvalue weighted by molar-refractivity contribution is 7.09. The molecule has 1 aromatic carbocycles. The predicted molar refractivity (Wildman–Crippen MR) is 80.2 cm³/mol. The molecule has 1 aromatic heterocycles. The molecule has 2 rings (SSSR count). The lowest BCUT2D eigenvalue weighted by molar-refractivity contribution is 0.461. The summed E-state index contributed by atoms with van der Waals surface area (Å²) < 4.78 is 13.2. The van der Waals surface area contributed by atoms with E-state index in [0.29, 0.717) is 5.92 Å². The van der Waals surface area contributed by atoms with Gasteiger partial charge in [-0.3, -0.25) is 0 Å². The molecule has 0 aliphatic rings. The number of hydrogen-bond acceptors (Lipinski definition) is 2. The minimum absolute atomic E-state index is 0.140. The van der Waals surface area contributed by atoms with E-state index < -0.39 is 0 Å². The van der Waals surface area contributed by atoms with Crippen molar-refractivity contribution in [3.8, 4) is 0 Å². The molecule has 102 valence electrons. The number of nitrogens with one attached hydrogen (secondary N) is 1. The van der Waals surface area contributed by atoms with Crippen molar-refractivity contribution in [2.45, 2.75) is 19.3 Å². The smallest absolute Gasteiger partial charge is 0.123 e. The van der Waals surface area contributed by atoms with Crippen LogP contribution in [0.4, 0.5) is 4.39 Å². The molecule has 19 heavy (non-hydrogen) atoms. The van der Waals surface area contributed by atoms with Gasteiger partial charge in [0.15, 0.2) is 0 Å². The lowest BCUT2D eigenvalue weighted by atomic mass is 9.94. The third-order valence-electron chi connectivity index (χ3n) is 3.29. The van der Waals surface area contributed by atoms with Crippen LogP contribution >= 0.6 is 11.3 Å². The van der Waals surface area contributed by atoms with Crippen molar-refractivity contribution >= 4 is 11.3 Å². The maximum absolute atomic E-state index is 13.2. The van der Waals surface area contributed by atoms with Gasteiger partial charge in [-0.1, -0.05) is 18.2 Å². The van der Waals surface area contributed by atoms with Crippen molar-refractivity contribution in [1.29, 1.82) is 0 Å². The number of halogens is 1. The summed E-state index contributed by atoms with van der Waals surface area (Å²) in [7, 11) is 1.98. The van der Waals surface area contributed by atoms with Crippen LogP contribution in [0.15, 0.2) is 41.8 Å². The minimum Gasteiger partial charge on any atom is -0.319 e. The van der Waals surface area contributed by atoms with Gasteiger partial charge in [-0.15, -0.1) is 11.3 Å². The molecule has 1 nitrogen and oxygen atoms in total. The Kier molecular flexibility index (Phi) is 5.55. The first-order chi connectivity index (χ1) is 9.28. The van der Waals surface area contributed by atoms with E-state index in [9.17, 15) is 4.39 Å². The number of rotatable bonds is 7. The number of benzene rings is 1. The Morgan fingerprint density at radius 2 is 2.16 bits per heavy atom. The first-order valence-electron chi connectivity index (χ1n) is 6.69. The highest BCUT2D eigenvalue weighted by Crippen LogP contribution is 2.18.